The molecule has 0 saturated carbocycles. The Morgan fingerprint density at radius 3 is 2.65 bits per heavy atom. The van der Waals surface area contributed by atoms with Crippen LogP contribution in [0, 0.1) is 0 Å². The molecular weight excluding hydrogens is 314 g/mol. The predicted molar refractivity (Wildman–Crippen MR) is 89.6 cm³/mol. The number of aromatic nitrogens is 1. The summed E-state index contributed by atoms with van der Waals surface area (Å²) in [5.41, 5.74) is 7.56. The van der Waals surface area contributed by atoms with Gasteiger partial charge in [0.15, 0.2) is 0 Å². The van der Waals surface area contributed by atoms with Gasteiger partial charge in [-0.05, 0) is 30.7 Å². The van der Waals surface area contributed by atoms with Gasteiger partial charge in [0.25, 0.3) is 5.91 Å². The number of hydrogen-bond donors (Lipinski definition) is 2. The maximum absolute atomic E-state index is 12.1. The summed E-state index contributed by atoms with van der Waals surface area (Å²) in [6.45, 7) is 0.515. The summed E-state index contributed by atoms with van der Waals surface area (Å²) in [5, 5.41) is 5.38. The van der Waals surface area contributed by atoms with Crippen LogP contribution in [0.15, 0.2) is 29.6 Å². The molecule has 0 bridgehead atoms. The van der Waals surface area contributed by atoms with Crippen molar-refractivity contribution >= 4 is 28.9 Å². The maximum atomic E-state index is 12.1. The van der Waals surface area contributed by atoms with Crippen molar-refractivity contribution in [3.05, 3.63) is 45.9 Å². The molecule has 3 N–H and O–H groups in total. The number of methoxy groups -OCH3 is 1. The summed E-state index contributed by atoms with van der Waals surface area (Å²) in [5.74, 6) is -0.481. The summed E-state index contributed by atoms with van der Waals surface area (Å²) >= 11 is 1.43. The molecule has 0 aliphatic carbocycles. The van der Waals surface area contributed by atoms with Gasteiger partial charge in [-0.15, -0.1) is 11.3 Å². The number of nitrogens with one attached hydrogen (secondary N) is 1. The van der Waals surface area contributed by atoms with Crippen LogP contribution in [0.3, 0.4) is 0 Å². The number of benzene rings is 1. The lowest BCUT2D eigenvalue weighted by Crippen LogP contribution is -2.12. The van der Waals surface area contributed by atoms with E-state index in [1.165, 1.54) is 18.4 Å². The lowest BCUT2D eigenvalue weighted by Gasteiger charge is -2.05. The van der Waals surface area contributed by atoms with Crippen molar-refractivity contribution in [2.75, 3.05) is 19.0 Å². The van der Waals surface area contributed by atoms with Gasteiger partial charge in [-0.1, -0.05) is 12.1 Å². The number of carbonyl (C=O) groups excluding carboxylic acids is 2. The standard InChI is InChI=1S/C16H19N3O3S/c1-22-15(20)7-4-11-2-5-12(6-3-11)18-16(21)13-10-23-14(19-13)8-9-17/h2-3,5-6,10H,4,7-9,17H2,1H3,(H,18,21). The van der Waals surface area contributed by atoms with Gasteiger partial charge in [-0.3, -0.25) is 9.59 Å². The fourth-order valence-electron chi connectivity index (χ4n) is 1.95. The Kier molecular flexibility index (Phi) is 6.25. The van der Waals surface area contributed by atoms with Crippen LogP contribution in [0.5, 0.6) is 0 Å². The van der Waals surface area contributed by atoms with Crippen LogP contribution in [-0.2, 0) is 22.4 Å². The van der Waals surface area contributed by atoms with Crippen molar-refractivity contribution in [1.29, 1.82) is 0 Å². The zero-order chi connectivity index (χ0) is 16.7. The molecule has 7 heteroatoms. The number of hydrogen-bond acceptors (Lipinski definition) is 6. The Hall–Kier alpha value is -2.25. The van der Waals surface area contributed by atoms with Crippen molar-refractivity contribution < 1.29 is 14.3 Å². The molecule has 1 aromatic carbocycles. The van der Waals surface area contributed by atoms with Crippen LogP contribution >= 0.6 is 11.3 Å². The van der Waals surface area contributed by atoms with E-state index in [4.69, 9.17) is 5.73 Å². The highest BCUT2D eigenvalue weighted by atomic mass is 32.1. The number of aryl methyl sites for hydroxylation is 1. The molecule has 2 aromatic rings. The molecule has 0 spiro atoms. The average Bonchev–Trinajstić information content (AvgIpc) is 3.03. The molecule has 0 fully saturated rings. The van der Waals surface area contributed by atoms with Gasteiger partial charge in [-0.25, -0.2) is 4.98 Å². The molecule has 23 heavy (non-hydrogen) atoms. The zero-order valence-electron chi connectivity index (χ0n) is 12.9. The number of nitrogens with zero attached hydrogens (tertiary/aromatic N) is 1. The predicted octanol–water partition coefficient (Wildman–Crippen LogP) is 2.00. The second-order valence-electron chi connectivity index (χ2n) is 4.89. The SMILES string of the molecule is COC(=O)CCc1ccc(NC(=O)c2csc(CCN)n2)cc1. The molecule has 0 aliphatic heterocycles. The Morgan fingerprint density at radius 1 is 1.26 bits per heavy atom. The second kappa shape index (κ2) is 8.40. The monoisotopic (exact) mass is 333 g/mol. The number of anilines is 1. The van der Waals surface area contributed by atoms with Crippen molar-refractivity contribution in [2.45, 2.75) is 19.3 Å². The van der Waals surface area contributed by atoms with Gasteiger partial charge < -0.3 is 15.8 Å². The summed E-state index contributed by atoms with van der Waals surface area (Å²) in [6.07, 6.45) is 1.62. The molecule has 2 rings (SSSR count). The molecule has 0 saturated heterocycles. The van der Waals surface area contributed by atoms with E-state index in [0.29, 0.717) is 37.2 Å². The van der Waals surface area contributed by atoms with Gasteiger partial charge in [0.2, 0.25) is 0 Å². The molecule has 6 nitrogen and oxygen atoms in total. The lowest BCUT2D eigenvalue weighted by molar-refractivity contribution is -0.140. The number of rotatable bonds is 7. The lowest BCUT2D eigenvalue weighted by atomic mass is 10.1. The normalized spacial score (nSPS) is 10.3. The molecule has 122 valence electrons. The summed E-state index contributed by atoms with van der Waals surface area (Å²) < 4.78 is 4.61. The number of amides is 1. The number of esters is 1. The van der Waals surface area contributed by atoms with E-state index in [2.05, 4.69) is 15.0 Å². The fraction of sp³-hybridized carbons (Fsp3) is 0.312. The van der Waals surface area contributed by atoms with Gasteiger partial charge in [-0.2, -0.15) is 0 Å². The Morgan fingerprint density at radius 2 is 2.00 bits per heavy atom. The third-order valence-corrected chi connectivity index (χ3v) is 4.11. The Balaban J connectivity index is 1.91. The van der Waals surface area contributed by atoms with E-state index in [1.807, 2.05) is 12.1 Å². The minimum absolute atomic E-state index is 0.237. The summed E-state index contributed by atoms with van der Waals surface area (Å²) in [6, 6.07) is 7.36. The highest BCUT2D eigenvalue weighted by Gasteiger charge is 2.11. The molecule has 0 aliphatic rings. The quantitative estimate of drug-likeness (QED) is 0.756. The minimum Gasteiger partial charge on any atom is -0.469 e. The first-order valence-electron chi connectivity index (χ1n) is 7.24. The number of thiazole rings is 1. The molecule has 0 radical (unpaired) electrons. The molecule has 1 aromatic heterocycles. The highest BCUT2D eigenvalue weighted by Crippen LogP contribution is 2.15. The zero-order valence-corrected chi connectivity index (χ0v) is 13.7. The van der Waals surface area contributed by atoms with Crippen LogP contribution in [0.4, 0.5) is 5.69 Å². The summed E-state index contributed by atoms with van der Waals surface area (Å²) in [4.78, 5) is 27.5. The minimum atomic E-state index is -0.244. The van der Waals surface area contributed by atoms with Gasteiger partial charge in [0.05, 0.1) is 12.1 Å². The van der Waals surface area contributed by atoms with Crippen molar-refractivity contribution in [3.8, 4) is 0 Å². The van der Waals surface area contributed by atoms with E-state index in [1.54, 1.807) is 17.5 Å². The van der Waals surface area contributed by atoms with Gasteiger partial charge in [0, 0.05) is 23.9 Å². The number of carbonyl (C=O) groups is 2. The van der Waals surface area contributed by atoms with Crippen molar-refractivity contribution in [3.63, 3.8) is 0 Å². The van der Waals surface area contributed by atoms with Crippen molar-refractivity contribution in [2.24, 2.45) is 5.73 Å². The van der Waals surface area contributed by atoms with Crippen LogP contribution in [0.2, 0.25) is 0 Å². The van der Waals surface area contributed by atoms with E-state index in [-0.39, 0.29) is 11.9 Å². The summed E-state index contributed by atoms with van der Waals surface area (Å²) in [7, 11) is 1.37. The molecule has 1 amide bonds. The largest absolute Gasteiger partial charge is 0.469 e. The molecule has 0 atom stereocenters. The first-order chi connectivity index (χ1) is 11.1. The van der Waals surface area contributed by atoms with E-state index < -0.39 is 0 Å². The van der Waals surface area contributed by atoms with Crippen molar-refractivity contribution in [1.82, 2.24) is 4.98 Å². The number of ether oxygens (including phenoxy) is 1. The van der Waals surface area contributed by atoms with Crippen LogP contribution < -0.4 is 11.1 Å². The fourth-order valence-corrected chi connectivity index (χ4v) is 2.75. The third-order valence-electron chi connectivity index (χ3n) is 3.20. The van der Waals surface area contributed by atoms with Crippen LogP contribution in [0.1, 0.15) is 27.5 Å². The van der Waals surface area contributed by atoms with E-state index in [0.717, 1.165) is 10.6 Å². The van der Waals surface area contributed by atoms with Gasteiger partial charge >= 0.3 is 5.97 Å². The topological polar surface area (TPSA) is 94.3 Å². The third kappa shape index (κ3) is 5.15. The maximum Gasteiger partial charge on any atom is 0.305 e. The Bertz CT molecular complexity index is 667. The van der Waals surface area contributed by atoms with E-state index >= 15 is 0 Å². The van der Waals surface area contributed by atoms with E-state index in [9.17, 15) is 9.59 Å². The first-order valence-corrected chi connectivity index (χ1v) is 8.12. The number of nitrogens with two attached hydrogens (primary N) is 1. The smallest absolute Gasteiger partial charge is 0.305 e. The first kappa shape index (κ1) is 17.1. The molecule has 1 heterocycles. The second-order valence-corrected chi connectivity index (χ2v) is 5.83. The average molecular weight is 333 g/mol. The van der Waals surface area contributed by atoms with Crippen LogP contribution in [-0.4, -0.2) is 30.5 Å². The van der Waals surface area contributed by atoms with Crippen LogP contribution in [0.25, 0.3) is 0 Å². The molecule has 0 unspecified atom stereocenters. The Labute approximate surface area is 138 Å². The highest BCUT2D eigenvalue weighted by molar-refractivity contribution is 7.09. The van der Waals surface area contributed by atoms with Gasteiger partial charge in [0.1, 0.15) is 5.69 Å². The molecular formula is C16H19N3O3S.